The highest BCUT2D eigenvalue weighted by molar-refractivity contribution is 7.99. The molecule has 4 aromatic rings. The molecule has 2 saturated heterocycles. The van der Waals surface area contributed by atoms with Gasteiger partial charge in [-0.1, -0.05) is 64.6 Å². The highest BCUT2D eigenvalue weighted by Gasteiger charge is 2.33. The number of benzene rings is 4. The van der Waals surface area contributed by atoms with Crippen LogP contribution in [0, 0.1) is 0 Å². The van der Waals surface area contributed by atoms with E-state index >= 15 is 0 Å². The molecule has 2 fully saturated rings. The molecule has 6 nitrogen and oxygen atoms in total. The highest BCUT2D eigenvalue weighted by Crippen LogP contribution is 2.43. The molecule has 2 aliphatic heterocycles. The number of nitrogens with zero attached hydrogens (tertiary/aromatic N) is 2. The third-order valence-corrected chi connectivity index (χ3v) is 10.1. The molecule has 0 aromatic heterocycles. The summed E-state index contributed by atoms with van der Waals surface area (Å²) < 4.78 is 6.44. The van der Waals surface area contributed by atoms with E-state index in [9.17, 15) is 14.7 Å². The fraction of sp³-hybridized carbons (Fsp3) is 0.333. The Kier molecular flexibility index (Phi) is 8.64. The lowest BCUT2D eigenvalue weighted by Crippen LogP contribution is -2.29. The number of hydrogen-bond acceptors (Lipinski definition) is 5. The zero-order chi connectivity index (χ0) is 32.6. The number of ether oxygens (including phenoxy) is 1. The second-order valence-corrected chi connectivity index (χ2v) is 14.9. The Hall–Kier alpha value is -4.23. The van der Waals surface area contributed by atoms with Crippen LogP contribution >= 0.6 is 11.8 Å². The molecule has 0 saturated carbocycles. The minimum absolute atomic E-state index is 0.102. The number of phenols is 1. The van der Waals surface area contributed by atoms with Crippen LogP contribution in [0.3, 0.4) is 0 Å². The van der Waals surface area contributed by atoms with Gasteiger partial charge in [-0.05, 0) is 102 Å². The van der Waals surface area contributed by atoms with Crippen LogP contribution in [0.25, 0.3) is 0 Å². The van der Waals surface area contributed by atoms with E-state index in [1.165, 1.54) is 5.56 Å². The van der Waals surface area contributed by atoms with Gasteiger partial charge in [0, 0.05) is 46.8 Å². The van der Waals surface area contributed by atoms with E-state index < -0.39 is 5.41 Å². The minimum atomic E-state index is -0.406. The Balaban J connectivity index is 1.32. The Morgan fingerprint density at radius 1 is 0.674 bits per heavy atom. The third kappa shape index (κ3) is 6.52. The average Bonchev–Trinajstić information content (AvgIpc) is 3.66. The van der Waals surface area contributed by atoms with Gasteiger partial charge in [0.25, 0.3) is 0 Å². The maximum absolute atomic E-state index is 13.0. The van der Waals surface area contributed by atoms with Crippen LogP contribution in [0.1, 0.15) is 77.0 Å². The summed E-state index contributed by atoms with van der Waals surface area (Å²) in [5, 5.41) is 9.57. The van der Waals surface area contributed by atoms with Crippen molar-refractivity contribution in [1.29, 1.82) is 0 Å². The van der Waals surface area contributed by atoms with Crippen molar-refractivity contribution >= 4 is 35.0 Å². The first-order valence-electron chi connectivity index (χ1n) is 16.1. The van der Waals surface area contributed by atoms with Gasteiger partial charge in [0.2, 0.25) is 11.8 Å². The first kappa shape index (κ1) is 31.7. The Labute approximate surface area is 276 Å². The van der Waals surface area contributed by atoms with Crippen LogP contribution in [0.2, 0.25) is 0 Å². The molecule has 0 bridgehead atoms. The number of aromatic hydroxyl groups is 1. The van der Waals surface area contributed by atoms with E-state index in [2.05, 4.69) is 65.0 Å². The van der Waals surface area contributed by atoms with Gasteiger partial charge >= 0.3 is 0 Å². The van der Waals surface area contributed by atoms with Crippen molar-refractivity contribution in [1.82, 2.24) is 0 Å². The number of rotatable bonds is 8. The van der Waals surface area contributed by atoms with Gasteiger partial charge in [0.15, 0.2) is 5.75 Å². The van der Waals surface area contributed by atoms with Crippen LogP contribution in [0.4, 0.5) is 11.4 Å². The van der Waals surface area contributed by atoms with E-state index in [0.717, 1.165) is 51.7 Å². The van der Waals surface area contributed by atoms with Crippen LogP contribution in [0.15, 0.2) is 94.7 Å². The van der Waals surface area contributed by atoms with Crippen molar-refractivity contribution in [2.45, 2.75) is 80.9 Å². The predicted octanol–water partition coefficient (Wildman–Crippen LogP) is 9.21. The van der Waals surface area contributed by atoms with Crippen LogP contribution in [-0.4, -0.2) is 30.0 Å². The first-order valence-corrected chi connectivity index (χ1v) is 16.9. The van der Waals surface area contributed by atoms with Gasteiger partial charge in [-0.25, -0.2) is 0 Å². The molecule has 0 unspecified atom stereocenters. The van der Waals surface area contributed by atoms with Crippen molar-refractivity contribution in [3.05, 3.63) is 102 Å². The van der Waals surface area contributed by atoms with Gasteiger partial charge in [0.05, 0.1) is 5.69 Å². The maximum atomic E-state index is 13.0. The van der Waals surface area contributed by atoms with Crippen molar-refractivity contribution < 1.29 is 19.4 Å². The van der Waals surface area contributed by atoms with E-state index in [4.69, 9.17) is 4.74 Å². The molecule has 238 valence electrons. The lowest BCUT2D eigenvalue weighted by Gasteiger charge is -2.33. The van der Waals surface area contributed by atoms with E-state index in [1.807, 2.05) is 52.3 Å². The summed E-state index contributed by atoms with van der Waals surface area (Å²) in [6.45, 7) is 12.4. The van der Waals surface area contributed by atoms with Gasteiger partial charge in [0.1, 0.15) is 11.5 Å². The van der Waals surface area contributed by atoms with Gasteiger partial charge < -0.3 is 19.6 Å². The molecule has 46 heavy (non-hydrogen) atoms. The normalized spacial score (nSPS) is 15.6. The lowest BCUT2D eigenvalue weighted by atomic mass is 9.75. The summed E-state index contributed by atoms with van der Waals surface area (Å²) in [4.78, 5) is 31.8. The maximum Gasteiger partial charge on any atom is 0.227 e. The molecule has 2 heterocycles. The summed E-state index contributed by atoms with van der Waals surface area (Å²) in [7, 11) is 0. The standard InChI is InChI=1S/C39H42N2O4S/c1-38(2,3)32-20-10-26(24-33(32)40-22-6-8-36(40)43)39(4,5)27-11-21-35(34(25-27)41-23-7-9-37(41)44)45-29-14-18-31(19-15-29)46-30-16-12-28(42)13-17-30/h10-21,24-25,42H,6-9,22-23H2,1-5H3. The van der Waals surface area contributed by atoms with E-state index in [0.29, 0.717) is 30.9 Å². The van der Waals surface area contributed by atoms with Gasteiger partial charge in [-0.2, -0.15) is 0 Å². The molecule has 2 aliphatic rings. The second kappa shape index (κ2) is 12.5. The van der Waals surface area contributed by atoms with E-state index in [1.54, 1.807) is 23.9 Å². The molecule has 0 radical (unpaired) electrons. The predicted molar refractivity (Wildman–Crippen MR) is 186 cm³/mol. The molecule has 6 rings (SSSR count). The number of anilines is 2. The van der Waals surface area contributed by atoms with Crippen molar-refractivity contribution in [3.63, 3.8) is 0 Å². The monoisotopic (exact) mass is 634 g/mol. The summed E-state index contributed by atoms with van der Waals surface area (Å²) in [5.74, 6) is 1.86. The fourth-order valence-corrected chi connectivity index (χ4v) is 7.12. The van der Waals surface area contributed by atoms with Crippen molar-refractivity contribution in [2.24, 2.45) is 0 Å². The van der Waals surface area contributed by atoms with Crippen molar-refractivity contribution in [2.75, 3.05) is 22.9 Å². The molecule has 0 spiro atoms. The first-order chi connectivity index (χ1) is 21.9. The minimum Gasteiger partial charge on any atom is -0.508 e. The second-order valence-electron chi connectivity index (χ2n) is 13.8. The summed E-state index contributed by atoms with van der Waals surface area (Å²) in [5.41, 5.74) is 4.62. The molecular formula is C39H42N2O4S. The number of carbonyl (C=O) groups excluding carboxylic acids is 2. The van der Waals surface area contributed by atoms with Gasteiger partial charge in [-0.15, -0.1) is 0 Å². The number of carbonyl (C=O) groups is 2. The molecule has 1 N–H and O–H groups in total. The lowest BCUT2D eigenvalue weighted by molar-refractivity contribution is -0.117. The SMILES string of the molecule is CC(C)(C)c1ccc(C(C)(C)c2ccc(Oc3ccc(Sc4ccc(O)cc4)cc3)c(N3CCCC3=O)c2)cc1N1CCCC1=O. The molecule has 4 aromatic carbocycles. The summed E-state index contributed by atoms with van der Waals surface area (Å²) in [6.07, 6.45) is 2.81. The quantitative estimate of drug-likeness (QED) is 0.209. The molecule has 2 amide bonds. The summed E-state index contributed by atoms with van der Waals surface area (Å²) in [6, 6.07) is 27.8. The van der Waals surface area contributed by atoms with Crippen LogP contribution in [-0.2, 0) is 20.4 Å². The number of amides is 2. The summed E-state index contributed by atoms with van der Waals surface area (Å²) >= 11 is 1.61. The number of hydrogen-bond donors (Lipinski definition) is 1. The van der Waals surface area contributed by atoms with Crippen molar-refractivity contribution in [3.8, 4) is 17.2 Å². The zero-order valence-corrected chi connectivity index (χ0v) is 28.1. The molecular weight excluding hydrogens is 593 g/mol. The largest absolute Gasteiger partial charge is 0.508 e. The Bertz CT molecular complexity index is 1760. The zero-order valence-electron chi connectivity index (χ0n) is 27.3. The van der Waals surface area contributed by atoms with E-state index in [-0.39, 0.29) is 23.0 Å². The molecule has 0 atom stereocenters. The van der Waals surface area contributed by atoms with Crippen LogP contribution < -0.4 is 14.5 Å². The fourth-order valence-electron chi connectivity index (χ4n) is 6.31. The topological polar surface area (TPSA) is 70.1 Å². The smallest absolute Gasteiger partial charge is 0.227 e. The number of phenolic OH excluding ortho intramolecular Hbond substituents is 1. The van der Waals surface area contributed by atoms with Gasteiger partial charge in [-0.3, -0.25) is 9.59 Å². The average molecular weight is 635 g/mol. The Morgan fingerprint density at radius 3 is 1.74 bits per heavy atom. The third-order valence-electron chi connectivity index (χ3n) is 9.06. The highest BCUT2D eigenvalue weighted by atomic mass is 32.2. The van der Waals surface area contributed by atoms with Crippen LogP contribution in [0.5, 0.6) is 17.2 Å². The Morgan fingerprint density at radius 2 is 1.20 bits per heavy atom. The molecule has 7 heteroatoms. The molecule has 0 aliphatic carbocycles.